The lowest BCUT2D eigenvalue weighted by Crippen LogP contribution is -2.38. The number of rotatable bonds is 7. The fraction of sp³-hybridized carbons (Fsp3) is 0.462. The zero-order chi connectivity index (χ0) is 15.2. The standard InChI is InChI=1S/C13H20NO3PS2/c1-3-11(2)14(9-12-7-5-4-6-8-12)13(15)10-20-18(16,17)19/h4-8,11H,3,9-10H2,1-2H3,(H2,16,17,19). The third-order valence-corrected chi connectivity index (χ3v) is 6.14. The van der Waals surface area contributed by atoms with E-state index in [0.29, 0.717) is 17.9 Å². The smallest absolute Gasteiger partial charge is 0.308 e. The van der Waals surface area contributed by atoms with Crippen LogP contribution in [0.3, 0.4) is 0 Å². The molecule has 1 aromatic carbocycles. The number of carbonyl (C=O) groups excluding carboxylic acids is 1. The van der Waals surface area contributed by atoms with Gasteiger partial charge in [0.25, 0.3) is 0 Å². The first-order chi connectivity index (χ1) is 9.33. The van der Waals surface area contributed by atoms with Crippen LogP contribution in [0.15, 0.2) is 30.3 Å². The van der Waals surface area contributed by atoms with Gasteiger partial charge in [-0.25, -0.2) is 0 Å². The van der Waals surface area contributed by atoms with Gasteiger partial charge < -0.3 is 9.79 Å². The predicted octanol–water partition coefficient (Wildman–Crippen LogP) is 3.58. The summed E-state index contributed by atoms with van der Waals surface area (Å²) < 4.78 is 11.2. The summed E-state index contributed by atoms with van der Waals surface area (Å²) in [6.07, 6.45) is 0.834. The van der Waals surface area contributed by atoms with Gasteiger partial charge in [0.15, 0.2) is 0 Å². The summed E-state index contributed by atoms with van der Waals surface area (Å²) >= 11 is 4.27. The molecule has 0 aliphatic carbocycles. The summed E-state index contributed by atoms with van der Waals surface area (Å²) in [7, 11) is 0. The van der Waals surface area contributed by atoms with Crippen molar-refractivity contribution in [2.75, 3.05) is 5.75 Å². The lowest BCUT2D eigenvalue weighted by molar-refractivity contribution is -0.131. The zero-order valence-corrected chi connectivity index (χ0v) is 14.2. The van der Waals surface area contributed by atoms with Gasteiger partial charge in [0.1, 0.15) is 0 Å². The van der Waals surface area contributed by atoms with E-state index in [1.807, 2.05) is 44.2 Å². The maximum atomic E-state index is 12.2. The Morgan fingerprint density at radius 2 is 2.05 bits per heavy atom. The van der Waals surface area contributed by atoms with Gasteiger partial charge in [0.2, 0.25) is 5.91 Å². The monoisotopic (exact) mass is 333 g/mol. The Labute approximate surface area is 129 Å². The summed E-state index contributed by atoms with van der Waals surface area (Å²) in [5.74, 6) is -3.69. The molecule has 2 unspecified atom stereocenters. The molecule has 0 aliphatic heterocycles. The summed E-state index contributed by atoms with van der Waals surface area (Å²) in [4.78, 5) is 23.1. The molecule has 0 aliphatic rings. The van der Waals surface area contributed by atoms with E-state index >= 15 is 0 Å². The van der Waals surface area contributed by atoms with Gasteiger partial charge >= 0.3 is 5.77 Å². The molecule has 1 amide bonds. The van der Waals surface area contributed by atoms with Crippen molar-refractivity contribution in [3.05, 3.63) is 35.9 Å². The predicted molar refractivity (Wildman–Crippen MR) is 88.0 cm³/mol. The Bertz CT molecular complexity index is 478. The second-order valence-corrected chi connectivity index (χ2v) is 10.8. The minimum Gasteiger partial charge on any atom is -0.335 e. The Balaban J connectivity index is 2.74. The number of hydrogen-bond donors (Lipinski definition) is 2. The first-order valence-corrected chi connectivity index (χ1v) is 10.8. The number of thiol groups is 1. The zero-order valence-electron chi connectivity index (χ0n) is 11.6. The van der Waals surface area contributed by atoms with Crippen LogP contribution in [0.4, 0.5) is 0 Å². The van der Waals surface area contributed by atoms with E-state index < -0.39 is 5.77 Å². The van der Waals surface area contributed by atoms with Crippen LogP contribution in [-0.2, 0) is 15.9 Å². The van der Waals surface area contributed by atoms with Gasteiger partial charge in [0, 0.05) is 12.6 Å². The van der Waals surface area contributed by atoms with Crippen molar-refractivity contribution in [1.29, 1.82) is 0 Å². The Morgan fingerprint density at radius 3 is 2.55 bits per heavy atom. The molecule has 0 radical (unpaired) electrons. The van der Waals surface area contributed by atoms with E-state index in [4.69, 9.17) is 4.89 Å². The summed E-state index contributed by atoms with van der Waals surface area (Å²) in [5, 5.41) is 0. The molecule has 0 fully saturated rings. The molecule has 7 heteroatoms. The van der Waals surface area contributed by atoms with E-state index in [9.17, 15) is 9.36 Å². The topological polar surface area (TPSA) is 57.6 Å². The molecule has 112 valence electrons. The molecular weight excluding hydrogens is 313 g/mol. The van der Waals surface area contributed by atoms with Crippen LogP contribution in [0.1, 0.15) is 25.8 Å². The van der Waals surface area contributed by atoms with Crippen molar-refractivity contribution < 1.29 is 14.3 Å². The van der Waals surface area contributed by atoms with E-state index in [2.05, 4.69) is 12.2 Å². The highest BCUT2D eigenvalue weighted by atomic mass is 33.1. The molecule has 0 saturated carbocycles. The molecular formula is C13H20NO3PS2. The lowest BCUT2D eigenvalue weighted by Gasteiger charge is -2.28. The van der Waals surface area contributed by atoms with Crippen LogP contribution < -0.4 is 0 Å². The third kappa shape index (κ3) is 6.35. The Kier molecular flexibility index (Phi) is 7.17. The number of nitrogens with zero attached hydrogens (tertiary/aromatic N) is 1. The average Bonchev–Trinajstić information content (AvgIpc) is 2.41. The SMILES string of the molecule is CCC(C)N(Cc1ccccc1)C(=O)CSP(=O)(O)S. The largest absolute Gasteiger partial charge is 0.335 e. The molecule has 4 nitrogen and oxygen atoms in total. The van der Waals surface area contributed by atoms with Crippen molar-refractivity contribution >= 4 is 35.3 Å². The van der Waals surface area contributed by atoms with E-state index in [1.54, 1.807) is 4.90 Å². The van der Waals surface area contributed by atoms with E-state index in [1.165, 1.54) is 0 Å². The normalized spacial score (nSPS) is 15.4. The number of hydrogen-bond acceptors (Lipinski definition) is 3. The fourth-order valence-electron chi connectivity index (χ4n) is 1.71. The average molecular weight is 333 g/mol. The van der Waals surface area contributed by atoms with Crippen LogP contribution in [0.25, 0.3) is 0 Å². The van der Waals surface area contributed by atoms with Gasteiger partial charge in [-0.05, 0) is 30.3 Å². The fourth-order valence-corrected chi connectivity index (χ4v) is 3.51. The second kappa shape index (κ2) is 8.13. The van der Waals surface area contributed by atoms with Crippen molar-refractivity contribution in [2.24, 2.45) is 0 Å². The van der Waals surface area contributed by atoms with Crippen LogP contribution in [0.2, 0.25) is 0 Å². The van der Waals surface area contributed by atoms with Gasteiger partial charge in [-0.2, -0.15) is 0 Å². The van der Waals surface area contributed by atoms with Crippen molar-refractivity contribution in [3.8, 4) is 0 Å². The highest BCUT2D eigenvalue weighted by Crippen LogP contribution is 2.58. The highest BCUT2D eigenvalue weighted by Gasteiger charge is 2.22. The maximum absolute atomic E-state index is 12.2. The minimum atomic E-state index is -3.52. The Morgan fingerprint density at radius 1 is 1.45 bits per heavy atom. The van der Waals surface area contributed by atoms with E-state index in [-0.39, 0.29) is 17.7 Å². The van der Waals surface area contributed by atoms with Gasteiger partial charge in [-0.3, -0.25) is 9.36 Å². The van der Waals surface area contributed by atoms with Crippen LogP contribution in [0, 0.1) is 0 Å². The summed E-state index contributed by atoms with van der Waals surface area (Å²) in [6.45, 7) is 4.50. The van der Waals surface area contributed by atoms with Gasteiger partial charge in [-0.1, -0.05) is 49.5 Å². The van der Waals surface area contributed by atoms with Crippen LogP contribution in [0.5, 0.6) is 0 Å². The first kappa shape index (κ1) is 17.6. The van der Waals surface area contributed by atoms with Crippen molar-refractivity contribution in [3.63, 3.8) is 0 Å². The summed E-state index contributed by atoms with van der Waals surface area (Å²) in [5.41, 5.74) is 1.05. The molecule has 0 saturated heterocycles. The molecule has 0 spiro atoms. The molecule has 0 bridgehead atoms. The van der Waals surface area contributed by atoms with Crippen molar-refractivity contribution in [2.45, 2.75) is 32.9 Å². The van der Waals surface area contributed by atoms with Crippen LogP contribution in [-0.4, -0.2) is 27.5 Å². The second-order valence-electron chi connectivity index (χ2n) is 4.53. The molecule has 1 N–H and O–H groups in total. The van der Waals surface area contributed by atoms with Crippen molar-refractivity contribution in [1.82, 2.24) is 4.90 Å². The van der Waals surface area contributed by atoms with Gasteiger partial charge in [0.05, 0.1) is 5.75 Å². The molecule has 1 aromatic rings. The Hall–Kier alpha value is -0.420. The number of amides is 1. The third-order valence-electron chi connectivity index (χ3n) is 3.00. The molecule has 0 aromatic heterocycles. The van der Waals surface area contributed by atoms with Crippen LogP contribution >= 0.6 is 29.4 Å². The minimum absolute atomic E-state index is 0.0333. The lowest BCUT2D eigenvalue weighted by atomic mass is 10.1. The number of carbonyl (C=O) groups is 1. The molecule has 20 heavy (non-hydrogen) atoms. The van der Waals surface area contributed by atoms with Gasteiger partial charge in [-0.15, -0.1) is 0 Å². The summed E-state index contributed by atoms with van der Waals surface area (Å²) in [6, 6.07) is 9.80. The highest BCUT2D eigenvalue weighted by molar-refractivity contribution is 8.84. The number of benzene rings is 1. The molecule has 2 atom stereocenters. The molecule has 0 heterocycles. The first-order valence-electron chi connectivity index (χ1n) is 6.37. The maximum Gasteiger partial charge on any atom is 0.308 e. The van der Waals surface area contributed by atoms with E-state index in [0.717, 1.165) is 12.0 Å². The molecule has 1 rings (SSSR count). The quantitative estimate of drug-likeness (QED) is 0.591.